The summed E-state index contributed by atoms with van der Waals surface area (Å²) in [6.07, 6.45) is 1.88. The lowest BCUT2D eigenvalue weighted by molar-refractivity contribution is 0.477. The molecule has 0 amide bonds. The van der Waals surface area contributed by atoms with Crippen LogP contribution in [0.3, 0.4) is 0 Å². The zero-order valence-electron chi connectivity index (χ0n) is 20.8. The van der Waals surface area contributed by atoms with Crippen LogP contribution in [0.2, 0.25) is 0 Å². The van der Waals surface area contributed by atoms with E-state index in [4.69, 9.17) is 9.97 Å². The lowest BCUT2D eigenvalue weighted by Gasteiger charge is -2.23. The van der Waals surface area contributed by atoms with Crippen molar-refractivity contribution in [2.24, 2.45) is 0 Å². The molecule has 2 N–H and O–H groups in total. The maximum atomic E-state index is 10.5. The van der Waals surface area contributed by atoms with Crippen molar-refractivity contribution in [1.29, 1.82) is 0 Å². The van der Waals surface area contributed by atoms with Crippen LogP contribution in [0.25, 0.3) is 44.5 Å². The van der Waals surface area contributed by atoms with Gasteiger partial charge in [0.1, 0.15) is 5.75 Å². The summed E-state index contributed by atoms with van der Waals surface area (Å²) < 4.78 is 0. The summed E-state index contributed by atoms with van der Waals surface area (Å²) in [4.78, 5) is 13.4. The summed E-state index contributed by atoms with van der Waals surface area (Å²) >= 11 is 0. The molecule has 0 saturated carbocycles. The lowest BCUT2D eigenvalue weighted by atomic mass is 9.84. The highest BCUT2D eigenvalue weighted by Gasteiger charge is 2.27. The third kappa shape index (κ3) is 4.17. The largest absolute Gasteiger partial charge is 0.507 e. The first-order valence-corrected chi connectivity index (χ1v) is 12.4. The van der Waals surface area contributed by atoms with Gasteiger partial charge < -0.3 is 10.1 Å². The molecule has 0 atom stereocenters. The molecule has 0 spiro atoms. The molecule has 4 nitrogen and oxygen atoms in total. The molecule has 3 heterocycles. The number of hydrogen-bond donors (Lipinski definition) is 2. The average Bonchev–Trinajstić information content (AvgIpc) is 3.45. The van der Waals surface area contributed by atoms with Crippen LogP contribution < -0.4 is 0 Å². The number of aromatic hydroxyl groups is 1. The Morgan fingerprint density at radius 3 is 2.32 bits per heavy atom. The van der Waals surface area contributed by atoms with E-state index in [1.165, 1.54) is 5.56 Å². The molecular weight excluding hydrogens is 454 g/mol. The van der Waals surface area contributed by atoms with E-state index >= 15 is 0 Å². The van der Waals surface area contributed by atoms with Crippen LogP contribution in [0, 0.1) is 0 Å². The highest BCUT2D eigenvalue weighted by Crippen LogP contribution is 2.37. The molecular formula is C33H27N3O. The number of hydrogen-bond acceptors (Lipinski definition) is 3. The van der Waals surface area contributed by atoms with E-state index in [0.29, 0.717) is 5.56 Å². The van der Waals surface area contributed by atoms with Gasteiger partial charge in [-0.25, -0.2) is 4.98 Å². The second-order valence-electron chi connectivity index (χ2n) is 9.80. The molecule has 6 rings (SSSR count). The summed E-state index contributed by atoms with van der Waals surface area (Å²) in [7, 11) is 0. The molecule has 180 valence electrons. The Morgan fingerprint density at radius 1 is 0.730 bits per heavy atom. The quantitative estimate of drug-likeness (QED) is 0.262. The van der Waals surface area contributed by atoms with E-state index in [1.807, 2.05) is 48.7 Å². The van der Waals surface area contributed by atoms with Crippen molar-refractivity contribution in [1.82, 2.24) is 15.0 Å². The van der Waals surface area contributed by atoms with Crippen LogP contribution in [0.15, 0.2) is 115 Å². The van der Waals surface area contributed by atoms with Crippen LogP contribution in [0.4, 0.5) is 0 Å². The number of aromatic amines is 1. The fraction of sp³-hybridized carbons (Fsp3) is 0.0909. The van der Waals surface area contributed by atoms with Gasteiger partial charge in [-0.3, -0.25) is 4.98 Å². The predicted octanol–water partition coefficient (Wildman–Crippen LogP) is 7.99. The molecule has 0 bridgehead atoms. The van der Waals surface area contributed by atoms with Crippen LogP contribution in [0.5, 0.6) is 5.75 Å². The molecule has 0 aliphatic rings. The molecule has 0 saturated heterocycles. The summed E-state index contributed by atoms with van der Waals surface area (Å²) in [6.45, 7) is 4.37. The maximum Gasteiger partial charge on any atom is 0.124 e. The first kappa shape index (κ1) is 22.7. The SMILES string of the molecule is CC(C)(c1cc(-c2ccccc2)ccn1)c1ccc(-c2nc(-c3ccccc3O)cc3ccccc23)[nH]1. The number of phenols is 1. The predicted molar refractivity (Wildman–Crippen MR) is 150 cm³/mol. The number of fused-ring (bicyclic) bond motifs is 1. The smallest absolute Gasteiger partial charge is 0.124 e. The van der Waals surface area contributed by atoms with Gasteiger partial charge in [-0.15, -0.1) is 0 Å². The first-order valence-electron chi connectivity index (χ1n) is 12.4. The van der Waals surface area contributed by atoms with E-state index in [-0.39, 0.29) is 11.2 Å². The van der Waals surface area contributed by atoms with Crippen molar-refractivity contribution in [3.05, 3.63) is 127 Å². The van der Waals surface area contributed by atoms with Crippen molar-refractivity contribution in [2.45, 2.75) is 19.3 Å². The molecule has 0 aliphatic heterocycles. The first-order chi connectivity index (χ1) is 18.0. The van der Waals surface area contributed by atoms with E-state index in [1.54, 1.807) is 6.07 Å². The van der Waals surface area contributed by atoms with Crippen molar-refractivity contribution in [3.8, 4) is 39.5 Å². The third-order valence-electron chi connectivity index (χ3n) is 7.04. The molecule has 3 aromatic heterocycles. The van der Waals surface area contributed by atoms with Gasteiger partial charge >= 0.3 is 0 Å². The van der Waals surface area contributed by atoms with Crippen molar-refractivity contribution in [3.63, 3.8) is 0 Å². The normalized spacial score (nSPS) is 11.6. The zero-order valence-corrected chi connectivity index (χ0v) is 20.8. The minimum Gasteiger partial charge on any atom is -0.507 e. The van der Waals surface area contributed by atoms with Gasteiger partial charge in [-0.2, -0.15) is 0 Å². The number of phenolic OH excluding ortho intramolecular Hbond substituents is 1. The summed E-state index contributed by atoms with van der Waals surface area (Å²) in [6, 6.07) is 36.4. The number of rotatable bonds is 5. The highest BCUT2D eigenvalue weighted by molar-refractivity contribution is 5.96. The minimum atomic E-state index is -0.353. The lowest BCUT2D eigenvalue weighted by Crippen LogP contribution is -2.21. The number of aromatic nitrogens is 3. The van der Waals surface area contributed by atoms with E-state index in [0.717, 1.165) is 44.8 Å². The van der Waals surface area contributed by atoms with Crippen molar-refractivity contribution in [2.75, 3.05) is 0 Å². The van der Waals surface area contributed by atoms with E-state index in [2.05, 4.69) is 79.5 Å². The fourth-order valence-corrected chi connectivity index (χ4v) is 4.85. The molecule has 0 aliphatic carbocycles. The van der Waals surface area contributed by atoms with Crippen LogP contribution in [-0.2, 0) is 5.41 Å². The van der Waals surface area contributed by atoms with Crippen molar-refractivity contribution >= 4 is 10.8 Å². The van der Waals surface area contributed by atoms with Crippen LogP contribution >= 0.6 is 0 Å². The molecule has 3 aromatic carbocycles. The van der Waals surface area contributed by atoms with Gasteiger partial charge in [0.05, 0.1) is 22.8 Å². The summed E-state index contributed by atoms with van der Waals surface area (Å²) in [5.41, 5.74) is 7.23. The Morgan fingerprint density at radius 2 is 1.49 bits per heavy atom. The van der Waals surface area contributed by atoms with E-state index in [9.17, 15) is 5.11 Å². The summed E-state index contributed by atoms with van der Waals surface area (Å²) in [5.74, 6) is 0.217. The number of nitrogens with one attached hydrogen (secondary N) is 1. The number of benzene rings is 3. The Labute approximate surface area is 216 Å². The fourth-order valence-electron chi connectivity index (χ4n) is 4.85. The van der Waals surface area contributed by atoms with Crippen LogP contribution in [-0.4, -0.2) is 20.1 Å². The Balaban J connectivity index is 1.44. The highest BCUT2D eigenvalue weighted by atomic mass is 16.3. The summed E-state index contributed by atoms with van der Waals surface area (Å²) in [5, 5.41) is 12.6. The van der Waals surface area contributed by atoms with Crippen molar-refractivity contribution < 1.29 is 5.11 Å². The van der Waals surface area contributed by atoms with Crippen LogP contribution in [0.1, 0.15) is 25.2 Å². The second kappa shape index (κ2) is 9.07. The van der Waals surface area contributed by atoms with E-state index < -0.39 is 0 Å². The van der Waals surface area contributed by atoms with Gasteiger partial charge in [0, 0.05) is 28.3 Å². The van der Waals surface area contributed by atoms with Gasteiger partial charge in [-0.05, 0) is 72.8 Å². The standard InChI is InChI=1S/C33H27N3O/c1-33(2,31-21-23(18-19-34-31)22-10-4-3-5-11-22)30-17-16-27(35-30)32-25-13-7-6-12-24(25)20-28(36-32)26-14-8-9-15-29(26)37/h3-21,35,37H,1-2H3. The van der Waals surface area contributed by atoms with Gasteiger partial charge in [0.25, 0.3) is 0 Å². The van der Waals surface area contributed by atoms with Gasteiger partial charge in [0.15, 0.2) is 0 Å². The maximum absolute atomic E-state index is 10.5. The topological polar surface area (TPSA) is 61.8 Å². The molecule has 0 unspecified atom stereocenters. The third-order valence-corrected chi connectivity index (χ3v) is 7.04. The molecule has 0 fully saturated rings. The number of para-hydroxylation sites is 1. The number of nitrogens with zero attached hydrogens (tertiary/aromatic N) is 2. The Hall–Kier alpha value is -4.70. The number of pyridine rings is 2. The number of H-pyrrole nitrogens is 1. The average molecular weight is 482 g/mol. The monoisotopic (exact) mass is 481 g/mol. The Kier molecular flexibility index (Phi) is 5.57. The molecule has 0 radical (unpaired) electrons. The zero-order chi connectivity index (χ0) is 25.4. The molecule has 6 aromatic rings. The second-order valence-corrected chi connectivity index (χ2v) is 9.80. The van der Waals surface area contributed by atoms with Gasteiger partial charge in [0.2, 0.25) is 0 Å². The minimum absolute atomic E-state index is 0.217. The molecule has 4 heteroatoms. The van der Waals surface area contributed by atoms with Gasteiger partial charge in [-0.1, -0.05) is 66.7 Å². The molecule has 37 heavy (non-hydrogen) atoms. The Bertz CT molecular complexity index is 1720.